The fraction of sp³-hybridized carbons (Fsp3) is 0.0385. The maximum atomic E-state index is 13.1. The quantitative estimate of drug-likeness (QED) is 0.361. The number of fused-ring (bicyclic) bond motifs is 1. The number of carbonyl (C=O) groups excluding carboxylic acids is 2. The molecule has 1 aromatic heterocycles. The van der Waals surface area contributed by atoms with Crippen LogP contribution in [0.3, 0.4) is 0 Å². The average molecular weight is 441 g/mol. The van der Waals surface area contributed by atoms with Gasteiger partial charge in [0, 0.05) is 17.4 Å². The summed E-state index contributed by atoms with van der Waals surface area (Å²) in [5, 5.41) is 0.606. The standard InChI is InChI=1S/C26H17ClN2O3/c27-19-3-7-21(8-4-19)32-22-9-10-23-24(16-22)26(31)29(25(23)30)20-5-1-17(2-6-20)15-18-11-13-28-14-12-18/h1-14,16H,15H2. The molecule has 0 saturated carbocycles. The van der Waals surface area contributed by atoms with Gasteiger partial charge in [-0.2, -0.15) is 0 Å². The van der Waals surface area contributed by atoms with Gasteiger partial charge in [-0.3, -0.25) is 14.6 Å². The molecule has 4 aromatic rings. The summed E-state index contributed by atoms with van der Waals surface area (Å²) in [6.45, 7) is 0. The van der Waals surface area contributed by atoms with Crippen molar-refractivity contribution in [3.05, 3.63) is 119 Å². The number of hydrogen-bond acceptors (Lipinski definition) is 4. The molecule has 0 N–H and O–H groups in total. The predicted octanol–water partition coefficient (Wildman–Crippen LogP) is 5.92. The fourth-order valence-corrected chi connectivity index (χ4v) is 3.78. The number of halogens is 1. The van der Waals surface area contributed by atoms with Crippen LogP contribution in [-0.2, 0) is 6.42 Å². The highest BCUT2D eigenvalue weighted by Crippen LogP contribution is 2.32. The van der Waals surface area contributed by atoms with E-state index in [4.69, 9.17) is 16.3 Å². The van der Waals surface area contributed by atoms with Crippen molar-refractivity contribution in [1.29, 1.82) is 0 Å². The minimum absolute atomic E-state index is 0.322. The van der Waals surface area contributed by atoms with E-state index in [2.05, 4.69) is 4.98 Å². The van der Waals surface area contributed by atoms with Gasteiger partial charge in [0.1, 0.15) is 11.5 Å². The molecule has 3 aromatic carbocycles. The van der Waals surface area contributed by atoms with Crippen LogP contribution in [0.5, 0.6) is 11.5 Å². The minimum atomic E-state index is -0.367. The number of aromatic nitrogens is 1. The van der Waals surface area contributed by atoms with Crippen molar-refractivity contribution in [2.75, 3.05) is 4.90 Å². The second kappa shape index (κ2) is 8.29. The van der Waals surface area contributed by atoms with Gasteiger partial charge in [0.05, 0.1) is 16.8 Å². The number of pyridine rings is 1. The summed E-state index contributed by atoms with van der Waals surface area (Å²) in [7, 11) is 0. The minimum Gasteiger partial charge on any atom is -0.457 e. The second-order valence-electron chi connectivity index (χ2n) is 7.41. The molecule has 0 spiro atoms. The number of amides is 2. The van der Waals surface area contributed by atoms with Crippen molar-refractivity contribution >= 4 is 29.1 Å². The molecule has 0 fully saturated rings. The maximum absolute atomic E-state index is 13.1. The Kier molecular flexibility index (Phi) is 5.17. The molecular formula is C26H17ClN2O3. The van der Waals surface area contributed by atoms with Gasteiger partial charge in [0.15, 0.2) is 0 Å². The van der Waals surface area contributed by atoms with Crippen LogP contribution in [0, 0.1) is 0 Å². The number of imide groups is 1. The lowest BCUT2D eigenvalue weighted by Crippen LogP contribution is -2.29. The Labute approximate surface area is 189 Å². The third-order valence-electron chi connectivity index (χ3n) is 5.26. The Morgan fingerprint density at radius 3 is 2.06 bits per heavy atom. The summed E-state index contributed by atoms with van der Waals surface area (Å²) < 4.78 is 5.81. The maximum Gasteiger partial charge on any atom is 0.266 e. The van der Waals surface area contributed by atoms with Gasteiger partial charge in [-0.15, -0.1) is 0 Å². The van der Waals surface area contributed by atoms with E-state index in [-0.39, 0.29) is 11.8 Å². The van der Waals surface area contributed by atoms with Crippen molar-refractivity contribution in [1.82, 2.24) is 4.98 Å². The van der Waals surface area contributed by atoms with E-state index in [1.54, 1.807) is 67.0 Å². The van der Waals surface area contributed by atoms with E-state index in [9.17, 15) is 9.59 Å². The Bertz CT molecular complexity index is 1300. The second-order valence-corrected chi connectivity index (χ2v) is 7.84. The highest BCUT2D eigenvalue weighted by molar-refractivity contribution is 6.34. The molecule has 5 rings (SSSR count). The number of benzene rings is 3. The lowest BCUT2D eigenvalue weighted by atomic mass is 10.1. The van der Waals surface area contributed by atoms with Crippen molar-refractivity contribution in [3.63, 3.8) is 0 Å². The first kappa shape index (κ1) is 20.0. The summed E-state index contributed by atoms with van der Waals surface area (Å²) in [6, 6.07) is 23.2. The third-order valence-corrected chi connectivity index (χ3v) is 5.51. The molecular weight excluding hydrogens is 424 g/mol. The summed E-state index contributed by atoms with van der Waals surface area (Å²) in [5.74, 6) is 0.355. The SMILES string of the molecule is O=C1c2ccc(Oc3ccc(Cl)cc3)cc2C(=O)N1c1ccc(Cc2ccncc2)cc1. The normalized spacial score (nSPS) is 12.7. The number of hydrogen-bond donors (Lipinski definition) is 0. The number of carbonyl (C=O) groups is 2. The first-order valence-electron chi connectivity index (χ1n) is 10.0. The number of anilines is 1. The summed E-state index contributed by atoms with van der Waals surface area (Å²) in [5.41, 5.74) is 3.44. The Morgan fingerprint density at radius 1 is 0.719 bits per heavy atom. The highest BCUT2D eigenvalue weighted by atomic mass is 35.5. The molecule has 0 bridgehead atoms. The van der Waals surface area contributed by atoms with Crippen molar-refractivity contribution in [2.45, 2.75) is 6.42 Å². The Morgan fingerprint density at radius 2 is 1.34 bits per heavy atom. The monoisotopic (exact) mass is 440 g/mol. The van der Waals surface area contributed by atoms with E-state index >= 15 is 0 Å². The van der Waals surface area contributed by atoms with E-state index in [1.807, 2.05) is 24.3 Å². The van der Waals surface area contributed by atoms with E-state index in [0.29, 0.717) is 33.3 Å². The molecule has 1 aliphatic rings. The van der Waals surface area contributed by atoms with Crippen molar-refractivity contribution in [3.8, 4) is 11.5 Å². The third kappa shape index (κ3) is 3.86. The Hall–Kier alpha value is -3.96. The van der Waals surface area contributed by atoms with E-state index < -0.39 is 0 Å². The van der Waals surface area contributed by atoms with Gasteiger partial charge in [-0.05, 0) is 84.3 Å². The van der Waals surface area contributed by atoms with Crippen LogP contribution < -0.4 is 9.64 Å². The fourth-order valence-electron chi connectivity index (χ4n) is 3.66. The zero-order chi connectivity index (χ0) is 22.1. The number of ether oxygens (including phenoxy) is 1. The largest absolute Gasteiger partial charge is 0.457 e. The van der Waals surface area contributed by atoms with Crippen LogP contribution >= 0.6 is 11.6 Å². The zero-order valence-corrected chi connectivity index (χ0v) is 17.6. The molecule has 0 saturated heterocycles. The van der Waals surface area contributed by atoms with Crippen molar-refractivity contribution in [2.24, 2.45) is 0 Å². The molecule has 2 heterocycles. The van der Waals surface area contributed by atoms with Crippen molar-refractivity contribution < 1.29 is 14.3 Å². The Balaban J connectivity index is 1.36. The smallest absolute Gasteiger partial charge is 0.266 e. The summed E-state index contributed by atoms with van der Waals surface area (Å²) >= 11 is 5.91. The average Bonchev–Trinajstić information content (AvgIpc) is 3.06. The predicted molar refractivity (Wildman–Crippen MR) is 123 cm³/mol. The zero-order valence-electron chi connectivity index (χ0n) is 16.9. The summed E-state index contributed by atoms with van der Waals surface area (Å²) in [6.07, 6.45) is 4.26. The van der Waals surface area contributed by atoms with Gasteiger partial charge < -0.3 is 4.74 Å². The topological polar surface area (TPSA) is 59.5 Å². The van der Waals surface area contributed by atoms with Gasteiger partial charge in [0.25, 0.3) is 11.8 Å². The molecule has 0 atom stereocenters. The molecule has 5 nitrogen and oxygen atoms in total. The lowest BCUT2D eigenvalue weighted by molar-refractivity contribution is 0.0926. The van der Waals surface area contributed by atoms with E-state index in [0.717, 1.165) is 17.5 Å². The van der Waals surface area contributed by atoms with E-state index in [1.165, 1.54) is 4.90 Å². The van der Waals surface area contributed by atoms with Crippen LogP contribution in [-0.4, -0.2) is 16.8 Å². The first-order chi connectivity index (χ1) is 15.6. The highest BCUT2D eigenvalue weighted by Gasteiger charge is 2.37. The number of nitrogens with zero attached hydrogens (tertiary/aromatic N) is 2. The molecule has 0 radical (unpaired) electrons. The van der Waals surface area contributed by atoms with Gasteiger partial charge in [-0.1, -0.05) is 23.7 Å². The van der Waals surface area contributed by atoms with Crippen LogP contribution in [0.2, 0.25) is 5.02 Å². The molecule has 0 aliphatic carbocycles. The first-order valence-corrected chi connectivity index (χ1v) is 10.4. The van der Waals surface area contributed by atoms with Gasteiger partial charge >= 0.3 is 0 Å². The summed E-state index contributed by atoms with van der Waals surface area (Å²) in [4.78, 5) is 31.2. The molecule has 1 aliphatic heterocycles. The van der Waals surface area contributed by atoms with Crippen LogP contribution in [0.25, 0.3) is 0 Å². The lowest BCUT2D eigenvalue weighted by Gasteiger charge is -2.14. The molecule has 2 amide bonds. The molecule has 156 valence electrons. The van der Waals surface area contributed by atoms with Crippen LogP contribution in [0.1, 0.15) is 31.8 Å². The number of rotatable bonds is 5. The molecule has 6 heteroatoms. The van der Waals surface area contributed by atoms with Crippen LogP contribution in [0.15, 0.2) is 91.3 Å². The molecule has 32 heavy (non-hydrogen) atoms. The van der Waals surface area contributed by atoms with Gasteiger partial charge in [-0.25, -0.2) is 4.90 Å². The van der Waals surface area contributed by atoms with Crippen LogP contribution in [0.4, 0.5) is 5.69 Å². The van der Waals surface area contributed by atoms with Gasteiger partial charge in [0.2, 0.25) is 0 Å². The molecule has 0 unspecified atom stereocenters.